The van der Waals surface area contributed by atoms with E-state index in [2.05, 4.69) is 27.3 Å². The summed E-state index contributed by atoms with van der Waals surface area (Å²) in [6.45, 7) is 6.05. The van der Waals surface area contributed by atoms with Crippen LogP contribution in [0.1, 0.15) is 12.7 Å². The van der Waals surface area contributed by atoms with Crippen molar-refractivity contribution in [3.8, 4) is 11.5 Å². The van der Waals surface area contributed by atoms with Crippen molar-refractivity contribution < 1.29 is 4.52 Å². The lowest BCUT2D eigenvalue weighted by atomic mass is 10.1. The fourth-order valence-corrected chi connectivity index (χ4v) is 2.66. The number of aromatic nitrogens is 2. The van der Waals surface area contributed by atoms with Crippen molar-refractivity contribution in [3.63, 3.8) is 0 Å². The molecule has 0 amide bonds. The average molecular weight is 264 g/mol. The van der Waals surface area contributed by atoms with Crippen LogP contribution in [0.25, 0.3) is 11.5 Å². The summed E-state index contributed by atoms with van der Waals surface area (Å²) in [7, 11) is 0. The van der Waals surface area contributed by atoms with E-state index in [0.717, 1.165) is 37.6 Å². The van der Waals surface area contributed by atoms with Crippen molar-refractivity contribution in [1.82, 2.24) is 20.4 Å². The first-order chi connectivity index (χ1) is 8.86. The molecule has 5 nitrogen and oxygen atoms in total. The van der Waals surface area contributed by atoms with Gasteiger partial charge in [-0.3, -0.25) is 4.90 Å². The smallest absolute Gasteiger partial charge is 0.258 e. The van der Waals surface area contributed by atoms with Gasteiger partial charge in [0.25, 0.3) is 5.89 Å². The van der Waals surface area contributed by atoms with Gasteiger partial charge in [-0.25, -0.2) is 0 Å². The van der Waals surface area contributed by atoms with E-state index >= 15 is 0 Å². The first-order valence-electron chi connectivity index (χ1n) is 6.16. The Morgan fingerprint density at radius 2 is 2.44 bits per heavy atom. The van der Waals surface area contributed by atoms with Gasteiger partial charge in [-0.2, -0.15) is 16.3 Å². The second kappa shape index (κ2) is 5.17. The van der Waals surface area contributed by atoms with Gasteiger partial charge in [0.05, 0.1) is 12.1 Å². The van der Waals surface area contributed by atoms with Crippen LogP contribution in [0.4, 0.5) is 0 Å². The SMILES string of the molecule is CCN(Cc1noc(-c2ccsc2)n1)C1CNC1. The highest BCUT2D eigenvalue weighted by atomic mass is 32.1. The lowest BCUT2D eigenvalue weighted by molar-refractivity contribution is 0.140. The van der Waals surface area contributed by atoms with Gasteiger partial charge in [-0.15, -0.1) is 0 Å². The zero-order chi connectivity index (χ0) is 12.4. The molecule has 0 bridgehead atoms. The van der Waals surface area contributed by atoms with Crippen molar-refractivity contribution >= 4 is 11.3 Å². The summed E-state index contributed by atoms with van der Waals surface area (Å²) in [4.78, 5) is 6.82. The van der Waals surface area contributed by atoms with Crippen LogP contribution in [0.2, 0.25) is 0 Å². The first-order valence-corrected chi connectivity index (χ1v) is 7.11. The van der Waals surface area contributed by atoms with Crippen molar-refractivity contribution in [2.45, 2.75) is 19.5 Å². The van der Waals surface area contributed by atoms with Crippen LogP contribution in [0, 0.1) is 0 Å². The van der Waals surface area contributed by atoms with Gasteiger partial charge in [0.2, 0.25) is 0 Å². The van der Waals surface area contributed by atoms with Crippen molar-refractivity contribution in [2.75, 3.05) is 19.6 Å². The van der Waals surface area contributed by atoms with Gasteiger partial charge in [-0.1, -0.05) is 12.1 Å². The van der Waals surface area contributed by atoms with Gasteiger partial charge in [0, 0.05) is 24.5 Å². The molecule has 1 aliphatic rings. The minimum Gasteiger partial charge on any atom is -0.334 e. The number of rotatable bonds is 5. The second-order valence-electron chi connectivity index (χ2n) is 4.40. The third kappa shape index (κ3) is 2.31. The summed E-state index contributed by atoms with van der Waals surface area (Å²) in [6.07, 6.45) is 0. The normalized spacial score (nSPS) is 16.1. The summed E-state index contributed by atoms with van der Waals surface area (Å²) in [5.41, 5.74) is 1.01. The lowest BCUT2D eigenvalue weighted by Gasteiger charge is -2.36. The number of nitrogens with zero attached hydrogens (tertiary/aromatic N) is 3. The highest BCUT2D eigenvalue weighted by Crippen LogP contribution is 2.20. The Bertz CT molecular complexity index is 492. The molecule has 0 aliphatic carbocycles. The van der Waals surface area contributed by atoms with Crippen LogP contribution < -0.4 is 5.32 Å². The standard InChI is InChI=1S/C12H16N4OS/c1-2-16(10-5-13-6-10)7-11-14-12(17-15-11)9-3-4-18-8-9/h3-4,8,10,13H,2,5-7H2,1H3. The molecule has 0 unspecified atom stereocenters. The summed E-state index contributed by atoms with van der Waals surface area (Å²) < 4.78 is 5.29. The van der Waals surface area contributed by atoms with Crippen LogP contribution in [-0.4, -0.2) is 40.7 Å². The summed E-state index contributed by atoms with van der Waals surface area (Å²) in [5.74, 6) is 1.39. The van der Waals surface area contributed by atoms with Gasteiger partial charge in [-0.05, 0) is 18.0 Å². The van der Waals surface area contributed by atoms with Crippen LogP contribution in [0.15, 0.2) is 21.3 Å². The minimum absolute atomic E-state index is 0.609. The molecule has 0 radical (unpaired) electrons. The predicted molar refractivity (Wildman–Crippen MR) is 70.4 cm³/mol. The Morgan fingerprint density at radius 3 is 3.06 bits per heavy atom. The molecule has 3 heterocycles. The molecule has 1 saturated heterocycles. The number of hydrogen-bond donors (Lipinski definition) is 1. The van der Waals surface area contributed by atoms with E-state index in [9.17, 15) is 0 Å². The zero-order valence-electron chi connectivity index (χ0n) is 10.3. The maximum Gasteiger partial charge on any atom is 0.258 e. The van der Waals surface area contributed by atoms with E-state index in [1.165, 1.54) is 0 Å². The van der Waals surface area contributed by atoms with E-state index < -0.39 is 0 Å². The molecule has 2 aromatic heterocycles. The largest absolute Gasteiger partial charge is 0.334 e. The Labute approximate surface area is 110 Å². The monoisotopic (exact) mass is 264 g/mol. The van der Waals surface area contributed by atoms with Crippen LogP contribution in [-0.2, 0) is 6.54 Å². The Kier molecular flexibility index (Phi) is 3.40. The van der Waals surface area contributed by atoms with Crippen LogP contribution in [0.5, 0.6) is 0 Å². The highest BCUT2D eigenvalue weighted by molar-refractivity contribution is 7.08. The first kappa shape index (κ1) is 11.8. The van der Waals surface area contributed by atoms with Crippen molar-refractivity contribution in [3.05, 3.63) is 22.7 Å². The quantitative estimate of drug-likeness (QED) is 0.889. The molecule has 6 heteroatoms. The molecule has 2 aromatic rings. The zero-order valence-corrected chi connectivity index (χ0v) is 11.1. The van der Waals surface area contributed by atoms with Crippen molar-refractivity contribution in [2.24, 2.45) is 0 Å². The average Bonchev–Trinajstić information content (AvgIpc) is 2.95. The van der Waals surface area contributed by atoms with E-state index in [1.54, 1.807) is 11.3 Å². The summed E-state index contributed by atoms with van der Waals surface area (Å²) in [6, 6.07) is 2.60. The summed E-state index contributed by atoms with van der Waals surface area (Å²) >= 11 is 1.63. The Hall–Kier alpha value is -1.24. The van der Waals surface area contributed by atoms with Gasteiger partial charge < -0.3 is 9.84 Å². The maximum atomic E-state index is 5.29. The Morgan fingerprint density at radius 1 is 1.56 bits per heavy atom. The predicted octanol–water partition coefficient (Wildman–Crippen LogP) is 1.59. The molecule has 0 saturated carbocycles. The fraction of sp³-hybridized carbons (Fsp3) is 0.500. The number of nitrogens with one attached hydrogen (secondary N) is 1. The van der Waals surface area contributed by atoms with E-state index in [4.69, 9.17) is 4.52 Å². The molecule has 1 fully saturated rings. The molecule has 0 aromatic carbocycles. The molecular weight excluding hydrogens is 248 g/mol. The topological polar surface area (TPSA) is 54.2 Å². The lowest BCUT2D eigenvalue weighted by Crippen LogP contribution is -2.56. The minimum atomic E-state index is 0.609. The third-order valence-corrected chi connectivity index (χ3v) is 3.95. The van der Waals surface area contributed by atoms with Crippen LogP contribution >= 0.6 is 11.3 Å². The highest BCUT2D eigenvalue weighted by Gasteiger charge is 2.24. The molecule has 1 N–H and O–H groups in total. The molecule has 0 spiro atoms. The van der Waals surface area contributed by atoms with E-state index in [-0.39, 0.29) is 0 Å². The van der Waals surface area contributed by atoms with Gasteiger partial charge in [0.1, 0.15) is 0 Å². The molecule has 1 aliphatic heterocycles. The van der Waals surface area contributed by atoms with Crippen LogP contribution in [0.3, 0.4) is 0 Å². The molecule has 18 heavy (non-hydrogen) atoms. The number of hydrogen-bond acceptors (Lipinski definition) is 6. The molecule has 96 valence electrons. The summed E-state index contributed by atoms with van der Waals surface area (Å²) in [5, 5.41) is 11.4. The molecule has 0 atom stereocenters. The van der Waals surface area contributed by atoms with Gasteiger partial charge in [0.15, 0.2) is 5.82 Å². The second-order valence-corrected chi connectivity index (χ2v) is 5.18. The molecular formula is C12H16N4OS. The van der Waals surface area contributed by atoms with Gasteiger partial charge >= 0.3 is 0 Å². The maximum absolute atomic E-state index is 5.29. The number of thiophene rings is 1. The van der Waals surface area contributed by atoms with E-state index in [1.807, 2.05) is 16.8 Å². The third-order valence-electron chi connectivity index (χ3n) is 3.26. The number of likely N-dealkylation sites (N-methyl/N-ethyl adjacent to an activating group) is 1. The molecule has 3 rings (SSSR count). The van der Waals surface area contributed by atoms with Crippen molar-refractivity contribution in [1.29, 1.82) is 0 Å². The fourth-order valence-electron chi connectivity index (χ4n) is 2.03. The Balaban J connectivity index is 1.69. The van der Waals surface area contributed by atoms with E-state index in [0.29, 0.717) is 11.9 Å².